The molecular weight excluding hydrogens is 324 g/mol. The quantitative estimate of drug-likeness (QED) is 0.771. The molecule has 2 saturated heterocycles. The second-order valence-electron chi connectivity index (χ2n) is 7.93. The third kappa shape index (κ3) is 3.17. The first-order valence-corrected chi connectivity index (χ1v) is 10.0. The highest BCUT2D eigenvalue weighted by atomic mass is 16.2. The maximum atomic E-state index is 13.2. The van der Waals surface area contributed by atoms with Crippen molar-refractivity contribution in [2.75, 3.05) is 18.0 Å². The molecule has 1 aromatic rings. The van der Waals surface area contributed by atoms with E-state index in [1.807, 2.05) is 31.2 Å². The summed E-state index contributed by atoms with van der Waals surface area (Å²) >= 11 is 0. The van der Waals surface area contributed by atoms with Crippen molar-refractivity contribution in [3.63, 3.8) is 0 Å². The van der Waals surface area contributed by atoms with E-state index in [9.17, 15) is 9.59 Å². The molecule has 4 rings (SSSR count). The first-order chi connectivity index (χ1) is 12.6. The molecular formula is C22H28N2O2. The molecule has 2 amide bonds. The molecule has 1 aromatic carbocycles. The number of aryl methyl sites for hydroxylation is 1. The average molecular weight is 352 g/mol. The number of allylic oxidation sites excluding steroid dienone is 2. The molecule has 0 aromatic heterocycles. The number of carbonyl (C=O) groups is 2. The summed E-state index contributed by atoms with van der Waals surface area (Å²) in [5, 5.41) is 0. The molecule has 2 heterocycles. The molecule has 138 valence electrons. The van der Waals surface area contributed by atoms with Crippen molar-refractivity contribution in [3.8, 4) is 0 Å². The Balaban J connectivity index is 1.57. The number of hydrogen-bond acceptors (Lipinski definition) is 3. The highest BCUT2D eigenvalue weighted by molar-refractivity contribution is 6.21. The van der Waals surface area contributed by atoms with Crippen molar-refractivity contribution in [2.24, 2.45) is 11.8 Å². The molecule has 0 N–H and O–H groups in total. The lowest BCUT2D eigenvalue weighted by atomic mass is 9.80. The number of hydrogen-bond donors (Lipinski definition) is 0. The molecule has 4 nitrogen and oxygen atoms in total. The molecule has 0 saturated carbocycles. The molecule has 2 aliphatic heterocycles. The zero-order valence-corrected chi connectivity index (χ0v) is 15.6. The number of imide groups is 1. The van der Waals surface area contributed by atoms with E-state index >= 15 is 0 Å². The Labute approximate surface area is 155 Å². The summed E-state index contributed by atoms with van der Waals surface area (Å²) in [6.07, 6.45) is 9.69. The van der Waals surface area contributed by atoms with Crippen LogP contribution in [0.25, 0.3) is 0 Å². The van der Waals surface area contributed by atoms with Crippen LogP contribution >= 0.6 is 0 Å². The topological polar surface area (TPSA) is 40.6 Å². The van der Waals surface area contributed by atoms with E-state index in [0.717, 1.165) is 37.9 Å². The van der Waals surface area contributed by atoms with Gasteiger partial charge >= 0.3 is 0 Å². The Bertz CT molecular complexity index is 716. The van der Waals surface area contributed by atoms with E-state index in [2.05, 4.69) is 11.0 Å². The number of amides is 2. The van der Waals surface area contributed by atoms with Crippen LogP contribution < -0.4 is 4.90 Å². The highest BCUT2D eigenvalue weighted by Crippen LogP contribution is 2.40. The van der Waals surface area contributed by atoms with Gasteiger partial charge in [-0.2, -0.15) is 0 Å². The first-order valence-electron chi connectivity index (χ1n) is 10.0. The lowest BCUT2D eigenvalue weighted by Gasteiger charge is -2.39. The van der Waals surface area contributed by atoms with E-state index in [4.69, 9.17) is 0 Å². The Hall–Kier alpha value is -2.10. The van der Waals surface area contributed by atoms with E-state index < -0.39 is 0 Å². The minimum atomic E-state index is -0.197. The number of benzene rings is 1. The van der Waals surface area contributed by atoms with Crippen LogP contribution in [0, 0.1) is 18.8 Å². The van der Waals surface area contributed by atoms with Gasteiger partial charge in [0.15, 0.2) is 0 Å². The van der Waals surface area contributed by atoms with Gasteiger partial charge in [0.25, 0.3) is 0 Å². The molecule has 26 heavy (non-hydrogen) atoms. The van der Waals surface area contributed by atoms with Crippen LogP contribution in [0.3, 0.4) is 0 Å². The zero-order chi connectivity index (χ0) is 18.1. The summed E-state index contributed by atoms with van der Waals surface area (Å²) in [4.78, 5) is 29.8. The number of anilines is 1. The van der Waals surface area contributed by atoms with Crippen molar-refractivity contribution in [1.29, 1.82) is 0 Å². The third-order valence-electron chi connectivity index (χ3n) is 6.13. The van der Waals surface area contributed by atoms with Gasteiger partial charge in [-0.1, -0.05) is 23.8 Å². The van der Waals surface area contributed by atoms with Gasteiger partial charge in [-0.3, -0.25) is 14.5 Å². The van der Waals surface area contributed by atoms with E-state index in [1.165, 1.54) is 29.9 Å². The van der Waals surface area contributed by atoms with Crippen molar-refractivity contribution < 1.29 is 9.59 Å². The highest BCUT2D eigenvalue weighted by Gasteiger charge is 2.45. The molecule has 0 spiro atoms. The summed E-state index contributed by atoms with van der Waals surface area (Å²) in [6, 6.07) is 7.69. The van der Waals surface area contributed by atoms with Crippen molar-refractivity contribution >= 4 is 17.5 Å². The summed E-state index contributed by atoms with van der Waals surface area (Å²) in [6.45, 7) is 4.20. The number of rotatable bonds is 3. The van der Waals surface area contributed by atoms with Crippen LogP contribution in [0.15, 0.2) is 36.0 Å². The second-order valence-corrected chi connectivity index (χ2v) is 7.93. The van der Waals surface area contributed by atoms with Crippen LogP contribution in [0.1, 0.15) is 50.5 Å². The number of likely N-dealkylation sites (tertiary alicyclic amines) is 1. The Morgan fingerprint density at radius 2 is 1.65 bits per heavy atom. The van der Waals surface area contributed by atoms with E-state index in [0.29, 0.717) is 12.1 Å². The number of piperidine rings is 1. The maximum absolute atomic E-state index is 13.2. The van der Waals surface area contributed by atoms with Crippen molar-refractivity contribution in [1.82, 2.24) is 4.90 Å². The predicted octanol–water partition coefficient (Wildman–Crippen LogP) is 4.04. The summed E-state index contributed by atoms with van der Waals surface area (Å²) < 4.78 is 0. The van der Waals surface area contributed by atoms with Gasteiger partial charge in [0, 0.05) is 31.1 Å². The Morgan fingerprint density at radius 3 is 2.38 bits per heavy atom. The second kappa shape index (κ2) is 7.26. The number of carbonyl (C=O) groups excluding carboxylic acids is 2. The third-order valence-corrected chi connectivity index (χ3v) is 6.13. The average Bonchev–Trinajstić information content (AvgIpc) is 2.97. The molecule has 0 radical (unpaired) electrons. The summed E-state index contributed by atoms with van der Waals surface area (Å²) in [5.41, 5.74) is 3.19. The zero-order valence-electron chi connectivity index (χ0n) is 15.6. The molecule has 2 atom stereocenters. The molecule has 2 fully saturated rings. The molecule has 4 heteroatoms. The Kier molecular flexibility index (Phi) is 4.84. The SMILES string of the molecule is Cc1ccc(N2C(=O)C[C@H]([C@H]3CCCC=C3N3CCCCC3)C2=O)cc1. The molecule has 0 bridgehead atoms. The fraction of sp³-hybridized carbons (Fsp3) is 0.545. The van der Waals surface area contributed by atoms with Crippen LogP contribution in [-0.2, 0) is 9.59 Å². The summed E-state index contributed by atoms with van der Waals surface area (Å²) in [7, 11) is 0. The summed E-state index contributed by atoms with van der Waals surface area (Å²) in [5.74, 6) is -0.0490. The molecule has 1 aliphatic carbocycles. The fourth-order valence-electron chi connectivity index (χ4n) is 4.74. The smallest absolute Gasteiger partial charge is 0.238 e. The lowest BCUT2D eigenvalue weighted by molar-refractivity contribution is -0.123. The van der Waals surface area contributed by atoms with E-state index in [1.54, 1.807) is 0 Å². The largest absolute Gasteiger partial charge is 0.375 e. The van der Waals surface area contributed by atoms with Crippen LogP contribution in [0.4, 0.5) is 5.69 Å². The lowest BCUT2D eigenvalue weighted by Crippen LogP contribution is -2.38. The van der Waals surface area contributed by atoms with Gasteiger partial charge in [0.05, 0.1) is 11.6 Å². The van der Waals surface area contributed by atoms with Crippen LogP contribution in [-0.4, -0.2) is 29.8 Å². The minimum Gasteiger partial charge on any atom is -0.375 e. The van der Waals surface area contributed by atoms with Gasteiger partial charge < -0.3 is 4.90 Å². The van der Waals surface area contributed by atoms with Crippen molar-refractivity contribution in [2.45, 2.75) is 51.9 Å². The van der Waals surface area contributed by atoms with Gasteiger partial charge in [-0.25, -0.2) is 0 Å². The normalized spacial score (nSPS) is 27.0. The predicted molar refractivity (Wildman–Crippen MR) is 103 cm³/mol. The van der Waals surface area contributed by atoms with Gasteiger partial charge in [-0.05, 0) is 57.6 Å². The van der Waals surface area contributed by atoms with E-state index in [-0.39, 0.29) is 23.7 Å². The van der Waals surface area contributed by atoms with Gasteiger partial charge in [0.1, 0.15) is 0 Å². The molecule has 3 aliphatic rings. The Morgan fingerprint density at radius 1 is 0.923 bits per heavy atom. The monoisotopic (exact) mass is 352 g/mol. The first kappa shape index (κ1) is 17.3. The van der Waals surface area contributed by atoms with Gasteiger partial charge in [-0.15, -0.1) is 0 Å². The maximum Gasteiger partial charge on any atom is 0.238 e. The minimum absolute atomic E-state index is 0.00587. The van der Waals surface area contributed by atoms with Crippen LogP contribution in [0.2, 0.25) is 0 Å². The number of nitrogens with zero attached hydrogens (tertiary/aromatic N) is 2. The van der Waals surface area contributed by atoms with Gasteiger partial charge in [0.2, 0.25) is 11.8 Å². The van der Waals surface area contributed by atoms with Crippen molar-refractivity contribution in [3.05, 3.63) is 41.6 Å². The fourth-order valence-corrected chi connectivity index (χ4v) is 4.74. The van der Waals surface area contributed by atoms with Crippen LogP contribution in [0.5, 0.6) is 0 Å². The standard InChI is InChI=1S/C22H28N2O2/c1-16-9-11-17(12-10-16)24-21(25)15-19(22(24)26)18-7-3-4-8-20(18)23-13-5-2-6-14-23/h8-12,18-19H,2-7,13-15H2,1H3/t18-,19-/m1/s1. The molecule has 0 unspecified atom stereocenters.